The van der Waals surface area contributed by atoms with Gasteiger partial charge in [-0.2, -0.15) is 0 Å². The summed E-state index contributed by atoms with van der Waals surface area (Å²) in [6, 6.07) is 5.80. The van der Waals surface area contributed by atoms with Crippen LogP contribution in [0.2, 0.25) is 5.02 Å². The van der Waals surface area contributed by atoms with Gasteiger partial charge in [-0.1, -0.05) is 18.0 Å². The maximum Gasteiger partial charge on any atom is 0.303 e. The number of benzene rings is 1. The number of hydrogen-bond donors (Lipinski definition) is 2. The van der Waals surface area contributed by atoms with Gasteiger partial charge in [0.05, 0.1) is 4.90 Å². The van der Waals surface area contributed by atoms with E-state index in [1.54, 1.807) is 4.90 Å². The first-order chi connectivity index (χ1) is 12.8. The van der Waals surface area contributed by atoms with Crippen molar-refractivity contribution in [1.29, 1.82) is 0 Å². The Balaban J connectivity index is 1.73. The molecule has 9 heteroatoms. The van der Waals surface area contributed by atoms with Crippen molar-refractivity contribution in [2.24, 2.45) is 0 Å². The lowest BCUT2D eigenvalue weighted by Crippen LogP contribution is -2.46. The highest BCUT2D eigenvalue weighted by Gasteiger charge is 2.26. The Bertz CT molecular complexity index is 744. The Labute approximate surface area is 164 Å². The summed E-state index contributed by atoms with van der Waals surface area (Å²) >= 11 is 5.79. The van der Waals surface area contributed by atoms with Crippen molar-refractivity contribution in [3.05, 3.63) is 29.3 Å². The molecule has 0 aromatic heterocycles. The fraction of sp³-hybridized carbons (Fsp3) is 0.556. The number of unbranched alkanes of at least 4 members (excludes halogenated alkanes) is 2. The molecule has 0 saturated carbocycles. The van der Waals surface area contributed by atoms with E-state index >= 15 is 0 Å². The molecule has 1 saturated heterocycles. The molecule has 0 spiro atoms. The van der Waals surface area contributed by atoms with E-state index in [2.05, 4.69) is 4.72 Å². The van der Waals surface area contributed by atoms with Gasteiger partial charge >= 0.3 is 5.97 Å². The number of rotatable bonds is 9. The Morgan fingerprint density at radius 1 is 1.07 bits per heavy atom. The van der Waals surface area contributed by atoms with E-state index in [9.17, 15) is 18.0 Å². The Kier molecular flexibility index (Phi) is 8.07. The third-order valence-electron chi connectivity index (χ3n) is 4.57. The second-order valence-corrected chi connectivity index (χ2v) is 8.84. The molecule has 2 rings (SSSR count). The van der Waals surface area contributed by atoms with Crippen LogP contribution in [0.25, 0.3) is 0 Å². The summed E-state index contributed by atoms with van der Waals surface area (Å²) in [6.45, 7) is 1.03. The van der Waals surface area contributed by atoms with Crippen molar-refractivity contribution >= 4 is 33.5 Å². The quantitative estimate of drug-likeness (QED) is 0.602. The van der Waals surface area contributed by atoms with Crippen molar-refractivity contribution in [2.45, 2.75) is 55.9 Å². The minimum absolute atomic E-state index is 0.0457. The van der Waals surface area contributed by atoms with Gasteiger partial charge in [-0.15, -0.1) is 0 Å². The number of amides is 1. The predicted octanol–water partition coefficient (Wildman–Crippen LogP) is 2.64. The lowest BCUT2D eigenvalue weighted by Gasteiger charge is -2.32. The molecule has 2 N–H and O–H groups in total. The van der Waals surface area contributed by atoms with Crippen molar-refractivity contribution < 1.29 is 23.1 Å². The third-order valence-corrected chi connectivity index (χ3v) is 6.36. The van der Waals surface area contributed by atoms with Crippen LogP contribution in [0, 0.1) is 0 Å². The molecule has 1 heterocycles. The molecule has 0 radical (unpaired) electrons. The number of carboxylic acids is 1. The van der Waals surface area contributed by atoms with E-state index in [4.69, 9.17) is 16.7 Å². The maximum absolute atomic E-state index is 12.4. The van der Waals surface area contributed by atoms with Gasteiger partial charge in [0.2, 0.25) is 15.9 Å². The molecule has 7 nitrogen and oxygen atoms in total. The smallest absolute Gasteiger partial charge is 0.303 e. The van der Waals surface area contributed by atoms with Crippen LogP contribution in [-0.4, -0.2) is 49.4 Å². The van der Waals surface area contributed by atoms with Crippen LogP contribution in [0.3, 0.4) is 0 Å². The minimum atomic E-state index is -3.60. The summed E-state index contributed by atoms with van der Waals surface area (Å²) in [4.78, 5) is 24.6. The number of carbonyl (C=O) groups is 2. The van der Waals surface area contributed by atoms with Gasteiger partial charge in [-0.25, -0.2) is 13.1 Å². The monoisotopic (exact) mass is 416 g/mol. The summed E-state index contributed by atoms with van der Waals surface area (Å²) in [7, 11) is -3.60. The van der Waals surface area contributed by atoms with Gasteiger partial charge < -0.3 is 10.0 Å². The topological polar surface area (TPSA) is 104 Å². The van der Waals surface area contributed by atoms with Crippen LogP contribution >= 0.6 is 11.6 Å². The second kappa shape index (κ2) is 10.1. The molecule has 27 heavy (non-hydrogen) atoms. The fourth-order valence-electron chi connectivity index (χ4n) is 3.04. The average Bonchev–Trinajstić information content (AvgIpc) is 2.61. The van der Waals surface area contributed by atoms with E-state index in [1.165, 1.54) is 24.3 Å². The molecule has 1 aliphatic heterocycles. The minimum Gasteiger partial charge on any atom is -0.481 e. The summed E-state index contributed by atoms with van der Waals surface area (Å²) in [6.07, 6.45) is 3.64. The van der Waals surface area contributed by atoms with Crippen molar-refractivity contribution in [3.63, 3.8) is 0 Å². The van der Waals surface area contributed by atoms with E-state index in [0.29, 0.717) is 50.2 Å². The summed E-state index contributed by atoms with van der Waals surface area (Å²) in [5.74, 6) is -0.770. The number of piperidine rings is 1. The zero-order chi connectivity index (χ0) is 19.9. The number of carboxylic acid groups (broad SMARTS) is 1. The van der Waals surface area contributed by atoms with Crippen LogP contribution < -0.4 is 4.72 Å². The van der Waals surface area contributed by atoms with Gasteiger partial charge in [0.15, 0.2) is 0 Å². The normalized spacial score (nSPS) is 15.7. The Hall–Kier alpha value is -1.64. The number of carbonyl (C=O) groups excluding carboxylic acids is 1. The highest BCUT2D eigenvalue weighted by molar-refractivity contribution is 7.89. The largest absolute Gasteiger partial charge is 0.481 e. The molecule has 1 aliphatic rings. The molecule has 150 valence electrons. The van der Waals surface area contributed by atoms with Gasteiger partial charge in [-0.3, -0.25) is 9.59 Å². The van der Waals surface area contributed by atoms with Gasteiger partial charge in [0.1, 0.15) is 0 Å². The van der Waals surface area contributed by atoms with Crippen LogP contribution in [-0.2, 0) is 19.6 Å². The Morgan fingerprint density at radius 2 is 1.67 bits per heavy atom. The van der Waals surface area contributed by atoms with Crippen LogP contribution in [0.5, 0.6) is 0 Å². The first kappa shape index (κ1) is 21.7. The zero-order valence-corrected chi connectivity index (χ0v) is 16.6. The molecular formula is C18H25ClN2O5S. The van der Waals surface area contributed by atoms with Gasteiger partial charge in [-0.05, 0) is 49.9 Å². The van der Waals surface area contributed by atoms with E-state index in [1.807, 2.05) is 0 Å². The predicted molar refractivity (Wildman–Crippen MR) is 102 cm³/mol. The van der Waals surface area contributed by atoms with Crippen LogP contribution in [0.1, 0.15) is 44.9 Å². The molecule has 1 aromatic carbocycles. The number of nitrogens with one attached hydrogen (secondary N) is 1. The number of nitrogens with zero attached hydrogens (tertiary/aromatic N) is 1. The highest BCUT2D eigenvalue weighted by atomic mass is 35.5. The zero-order valence-electron chi connectivity index (χ0n) is 15.1. The van der Waals surface area contributed by atoms with Crippen molar-refractivity contribution in [3.8, 4) is 0 Å². The molecule has 1 aromatic rings. The number of hydrogen-bond acceptors (Lipinski definition) is 4. The van der Waals surface area contributed by atoms with Gasteiger partial charge in [0, 0.05) is 37.0 Å². The molecule has 0 bridgehead atoms. The standard InChI is InChI=1S/C18H25ClN2O5S/c19-14-6-8-16(9-7-14)27(25,26)20-15-10-12-21(13-11-15)17(22)4-2-1-3-5-18(23)24/h6-9,15,20H,1-5,10-13H2,(H,23,24). The molecule has 0 aliphatic carbocycles. The molecule has 1 amide bonds. The second-order valence-electron chi connectivity index (χ2n) is 6.68. The van der Waals surface area contributed by atoms with E-state index in [-0.39, 0.29) is 23.3 Å². The van der Waals surface area contributed by atoms with Gasteiger partial charge in [0.25, 0.3) is 0 Å². The first-order valence-electron chi connectivity index (χ1n) is 9.05. The number of likely N-dealkylation sites (tertiary alicyclic amines) is 1. The molecule has 0 atom stereocenters. The SMILES string of the molecule is O=C(O)CCCCCC(=O)N1CCC(NS(=O)(=O)c2ccc(Cl)cc2)CC1. The lowest BCUT2D eigenvalue weighted by atomic mass is 10.1. The summed E-state index contributed by atoms with van der Waals surface area (Å²) in [5, 5.41) is 9.06. The number of sulfonamides is 1. The fourth-order valence-corrected chi connectivity index (χ4v) is 4.47. The van der Waals surface area contributed by atoms with E-state index < -0.39 is 16.0 Å². The summed E-state index contributed by atoms with van der Waals surface area (Å²) in [5.41, 5.74) is 0. The maximum atomic E-state index is 12.4. The van der Waals surface area contributed by atoms with E-state index in [0.717, 1.165) is 6.42 Å². The van der Waals surface area contributed by atoms with Crippen LogP contribution in [0.15, 0.2) is 29.2 Å². The lowest BCUT2D eigenvalue weighted by molar-refractivity contribution is -0.137. The summed E-state index contributed by atoms with van der Waals surface area (Å²) < 4.78 is 27.5. The van der Waals surface area contributed by atoms with Crippen molar-refractivity contribution in [1.82, 2.24) is 9.62 Å². The third kappa shape index (κ3) is 7.12. The molecule has 0 unspecified atom stereocenters. The number of aliphatic carboxylic acids is 1. The van der Waals surface area contributed by atoms with Crippen LogP contribution in [0.4, 0.5) is 0 Å². The average molecular weight is 417 g/mol. The van der Waals surface area contributed by atoms with Crippen molar-refractivity contribution in [2.75, 3.05) is 13.1 Å². The molecular weight excluding hydrogens is 392 g/mol. The number of halogens is 1. The Morgan fingerprint density at radius 3 is 2.26 bits per heavy atom. The first-order valence-corrected chi connectivity index (χ1v) is 10.9. The molecule has 1 fully saturated rings. The highest BCUT2D eigenvalue weighted by Crippen LogP contribution is 2.18.